The number of pyridine rings is 1. The third kappa shape index (κ3) is 2.06. The molecule has 5 heteroatoms. The van der Waals surface area contributed by atoms with E-state index in [0.717, 1.165) is 0 Å². The maximum atomic E-state index is 13.8. The third-order valence-corrected chi connectivity index (χ3v) is 3.15. The number of para-hydroxylation sites is 1. The van der Waals surface area contributed by atoms with E-state index in [0.29, 0.717) is 11.1 Å². The Hall–Kier alpha value is -2.27. The zero-order valence-electron chi connectivity index (χ0n) is 10.7. The molecule has 3 rings (SSSR count). The maximum absolute atomic E-state index is 13.8. The molecule has 0 aliphatic rings. The van der Waals surface area contributed by atoms with Gasteiger partial charge < -0.3 is 9.73 Å². The Bertz CT molecular complexity index is 754. The van der Waals surface area contributed by atoms with Crippen LogP contribution in [0.5, 0.6) is 0 Å². The van der Waals surface area contributed by atoms with Crippen LogP contribution in [0.2, 0.25) is 0 Å². The van der Waals surface area contributed by atoms with Crippen molar-refractivity contribution in [2.24, 2.45) is 0 Å². The van der Waals surface area contributed by atoms with Crippen LogP contribution in [0.3, 0.4) is 0 Å². The Morgan fingerprint density at radius 3 is 2.65 bits per heavy atom. The number of furan rings is 1. The number of aromatic nitrogens is 1. The summed E-state index contributed by atoms with van der Waals surface area (Å²) in [7, 11) is 1.67. The molecule has 0 aliphatic carbocycles. The highest BCUT2D eigenvalue weighted by molar-refractivity contribution is 5.78. The van der Waals surface area contributed by atoms with E-state index in [1.807, 2.05) is 0 Å². The van der Waals surface area contributed by atoms with Gasteiger partial charge in [-0.05, 0) is 31.3 Å². The molecule has 0 saturated carbocycles. The lowest BCUT2D eigenvalue weighted by atomic mass is 10.1. The van der Waals surface area contributed by atoms with Crippen LogP contribution in [-0.4, -0.2) is 12.0 Å². The van der Waals surface area contributed by atoms with Crippen LogP contribution >= 0.6 is 0 Å². The van der Waals surface area contributed by atoms with Gasteiger partial charge in [0.25, 0.3) is 0 Å². The summed E-state index contributed by atoms with van der Waals surface area (Å²) in [5.74, 6) is -0.455. The van der Waals surface area contributed by atoms with Crippen LogP contribution < -0.4 is 5.32 Å². The summed E-state index contributed by atoms with van der Waals surface area (Å²) in [6.07, 6.45) is 1.51. The van der Waals surface area contributed by atoms with Crippen molar-refractivity contribution in [3.63, 3.8) is 0 Å². The molecule has 0 aliphatic heterocycles. The van der Waals surface area contributed by atoms with Gasteiger partial charge in [-0.3, -0.25) is 4.98 Å². The molecule has 1 aromatic carbocycles. The molecule has 20 heavy (non-hydrogen) atoms. The van der Waals surface area contributed by atoms with E-state index >= 15 is 0 Å². The summed E-state index contributed by atoms with van der Waals surface area (Å²) >= 11 is 0. The molecular weight excluding hydrogens is 262 g/mol. The summed E-state index contributed by atoms with van der Waals surface area (Å²) < 4.78 is 33.0. The van der Waals surface area contributed by atoms with Crippen molar-refractivity contribution in [1.82, 2.24) is 10.3 Å². The van der Waals surface area contributed by atoms with Crippen LogP contribution in [0.15, 0.2) is 47.0 Å². The monoisotopic (exact) mass is 274 g/mol. The van der Waals surface area contributed by atoms with Gasteiger partial charge in [0.2, 0.25) is 0 Å². The van der Waals surface area contributed by atoms with E-state index in [-0.39, 0.29) is 11.3 Å². The van der Waals surface area contributed by atoms with Gasteiger partial charge in [0.05, 0.1) is 0 Å². The van der Waals surface area contributed by atoms with Crippen molar-refractivity contribution in [1.29, 1.82) is 0 Å². The van der Waals surface area contributed by atoms with E-state index in [9.17, 15) is 8.78 Å². The molecular formula is C15H12F2N2O. The molecule has 1 atom stereocenters. The van der Waals surface area contributed by atoms with Crippen molar-refractivity contribution in [2.45, 2.75) is 6.04 Å². The molecule has 0 spiro atoms. The molecule has 0 fully saturated rings. The van der Waals surface area contributed by atoms with E-state index in [4.69, 9.17) is 4.42 Å². The SMILES string of the molecule is CNC(c1cc2cccc(F)c2o1)c1ncccc1F. The minimum Gasteiger partial charge on any atom is -0.456 e. The Morgan fingerprint density at radius 1 is 1.15 bits per heavy atom. The highest BCUT2D eigenvalue weighted by atomic mass is 19.1. The number of rotatable bonds is 3. The van der Waals surface area contributed by atoms with E-state index < -0.39 is 17.7 Å². The first-order chi connectivity index (χ1) is 9.70. The summed E-state index contributed by atoms with van der Waals surface area (Å²) in [4.78, 5) is 4.03. The molecule has 0 amide bonds. The highest BCUT2D eigenvalue weighted by Gasteiger charge is 2.22. The van der Waals surface area contributed by atoms with Gasteiger partial charge in [0, 0.05) is 11.6 Å². The predicted octanol–water partition coefficient (Wildman–Crippen LogP) is 3.41. The first-order valence-electron chi connectivity index (χ1n) is 6.16. The van der Waals surface area contributed by atoms with Gasteiger partial charge in [0.15, 0.2) is 11.4 Å². The lowest BCUT2D eigenvalue weighted by Gasteiger charge is -2.13. The number of benzene rings is 1. The van der Waals surface area contributed by atoms with Gasteiger partial charge in [-0.15, -0.1) is 0 Å². The van der Waals surface area contributed by atoms with Gasteiger partial charge in [0.1, 0.15) is 23.3 Å². The topological polar surface area (TPSA) is 38.1 Å². The fourth-order valence-electron chi connectivity index (χ4n) is 2.21. The van der Waals surface area contributed by atoms with E-state index in [2.05, 4.69) is 10.3 Å². The molecule has 0 saturated heterocycles. The molecule has 1 N–H and O–H groups in total. The smallest absolute Gasteiger partial charge is 0.169 e. The Morgan fingerprint density at radius 2 is 1.95 bits per heavy atom. The minimum atomic E-state index is -0.567. The van der Waals surface area contributed by atoms with Crippen molar-refractivity contribution >= 4 is 11.0 Å². The lowest BCUT2D eigenvalue weighted by molar-refractivity contribution is 0.458. The summed E-state index contributed by atoms with van der Waals surface area (Å²) in [5, 5.41) is 3.57. The van der Waals surface area contributed by atoms with Gasteiger partial charge in [-0.2, -0.15) is 0 Å². The minimum absolute atomic E-state index is 0.166. The van der Waals surface area contributed by atoms with Crippen LogP contribution in [0.25, 0.3) is 11.0 Å². The highest BCUT2D eigenvalue weighted by Crippen LogP contribution is 2.29. The fraction of sp³-hybridized carbons (Fsp3) is 0.133. The number of hydrogen-bond donors (Lipinski definition) is 1. The third-order valence-electron chi connectivity index (χ3n) is 3.15. The molecule has 3 nitrogen and oxygen atoms in total. The van der Waals surface area contributed by atoms with Crippen LogP contribution in [0.4, 0.5) is 8.78 Å². The summed E-state index contributed by atoms with van der Waals surface area (Å²) in [6.45, 7) is 0. The standard InChI is InChI=1S/C15H12F2N2O/c1-18-14(13-10(16)6-3-7-19-13)12-8-9-4-2-5-11(17)15(9)20-12/h2-8,14,18H,1H3. The molecule has 2 heterocycles. The fourth-order valence-corrected chi connectivity index (χ4v) is 2.21. The van der Waals surface area contributed by atoms with E-state index in [1.165, 1.54) is 24.4 Å². The zero-order chi connectivity index (χ0) is 14.1. The average molecular weight is 274 g/mol. The number of nitrogens with one attached hydrogen (secondary N) is 1. The second kappa shape index (κ2) is 5.02. The van der Waals surface area contributed by atoms with Crippen molar-refractivity contribution in [3.05, 3.63) is 65.7 Å². The van der Waals surface area contributed by atoms with Crippen LogP contribution in [0, 0.1) is 11.6 Å². The van der Waals surface area contributed by atoms with Crippen molar-refractivity contribution in [2.75, 3.05) is 7.05 Å². The quantitative estimate of drug-likeness (QED) is 0.795. The lowest BCUT2D eigenvalue weighted by Crippen LogP contribution is -2.19. The van der Waals surface area contributed by atoms with Gasteiger partial charge >= 0.3 is 0 Å². The largest absolute Gasteiger partial charge is 0.456 e. The molecule has 102 valence electrons. The maximum Gasteiger partial charge on any atom is 0.169 e. The Kier molecular flexibility index (Phi) is 3.20. The normalized spacial score (nSPS) is 12.8. The van der Waals surface area contributed by atoms with Crippen LogP contribution in [-0.2, 0) is 0 Å². The summed E-state index contributed by atoms with van der Waals surface area (Å²) in [5.41, 5.74) is 0.383. The molecule has 3 aromatic rings. The molecule has 1 unspecified atom stereocenters. The predicted molar refractivity (Wildman–Crippen MR) is 71.3 cm³/mol. The molecule has 0 bridgehead atoms. The molecule has 2 aromatic heterocycles. The zero-order valence-corrected chi connectivity index (χ0v) is 10.7. The summed E-state index contributed by atoms with van der Waals surface area (Å²) in [6, 6.07) is 8.64. The van der Waals surface area contributed by atoms with Gasteiger partial charge in [-0.1, -0.05) is 12.1 Å². The van der Waals surface area contributed by atoms with E-state index in [1.54, 1.807) is 25.2 Å². The molecule has 0 radical (unpaired) electrons. The van der Waals surface area contributed by atoms with Crippen molar-refractivity contribution < 1.29 is 13.2 Å². The second-order valence-electron chi connectivity index (χ2n) is 4.40. The number of hydrogen-bond acceptors (Lipinski definition) is 3. The average Bonchev–Trinajstić information content (AvgIpc) is 2.87. The first kappa shape index (κ1) is 12.7. The first-order valence-corrected chi connectivity index (χ1v) is 6.16. The Balaban J connectivity index is 2.12. The Labute approximate surface area is 114 Å². The van der Waals surface area contributed by atoms with Gasteiger partial charge in [-0.25, -0.2) is 8.78 Å². The van der Waals surface area contributed by atoms with Crippen LogP contribution in [0.1, 0.15) is 17.5 Å². The second-order valence-corrected chi connectivity index (χ2v) is 4.40. The number of nitrogens with zero attached hydrogens (tertiary/aromatic N) is 1. The van der Waals surface area contributed by atoms with Crippen molar-refractivity contribution in [3.8, 4) is 0 Å². The number of fused-ring (bicyclic) bond motifs is 1. The number of halogens is 2.